The van der Waals surface area contributed by atoms with Crippen LogP contribution in [0, 0.1) is 5.92 Å². The third-order valence-corrected chi connectivity index (χ3v) is 7.31. The molecule has 202 valence electrons. The van der Waals surface area contributed by atoms with Crippen LogP contribution in [0.25, 0.3) is 0 Å². The number of ketones is 1. The molecule has 0 aliphatic carbocycles. The molecular formula is C22H26F3N5O6S. The quantitative estimate of drug-likeness (QED) is 0.509. The van der Waals surface area contributed by atoms with Gasteiger partial charge < -0.3 is 15.1 Å². The van der Waals surface area contributed by atoms with Gasteiger partial charge in [-0.25, -0.2) is 18.4 Å². The average Bonchev–Trinajstić information content (AvgIpc) is 3.26. The van der Waals surface area contributed by atoms with Crippen molar-refractivity contribution in [1.29, 1.82) is 0 Å². The van der Waals surface area contributed by atoms with E-state index in [1.165, 1.54) is 18.3 Å². The Morgan fingerprint density at radius 1 is 1.24 bits per heavy atom. The number of halogens is 3. The van der Waals surface area contributed by atoms with Gasteiger partial charge in [0.05, 0.1) is 12.6 Å². The Kier molecular flexibility index (Phi) is 8.68. The molecule has 2 aromatic rings. The number of carbonyl (C=O) groups is 3. The van der Waals surface area contributed by atoms with E-state index in [-0.39, 0.29) is 36.8 Å². The maximum atomic E-state index is 13.1. The summed E-state index contributed by atoms with van der Waals surface area (Å²) in [6, 6.07) is 2.03. The van der Waals surface area contributed by atoms with Crippen molar-refractivity contribution >= 4 is 27.6 Å². The Labute approximate surface area is 210 Å². The Balaban J connectivity index is 1.71. The molecule has 37 heavy (non-hydrogen) atoms. The summed E-state index contributed by atoms with van der Waals surface area (Å²) in [6.45, 7) is 3.00. The zero-order chi connectivity index (χ0) is 27.4. The van der Waals surface area contributed by atoms with E-state index in [1.807, 2.05) is 0 Å². The number of pyridine rings is 1. The Morgan fingerprint density at radius 2 is 1.97 bits per heavy atom. The van der Waals surface area contributed by atoms with E-state index in [0.29, 0.717) is 6.39 Å². The van der Waals surface area contributed by atoms with Crippen LogP contribution < -0.4 is 10.6 Å². The molecule has 15 heteroatoms. The van der Waals surface area contributed by atoms with Gasteiger partial charge in [-0.15, -0.1) is 0 Å². The largest absolute Gasteiger partial charge is 0.452 e. The Morgan fingerprint density at radius 3 is 2.59 bits per heavy atom. The van der Waals surface area contributed by atoms with E-state index >= 15 is 0 Å². The van der Waals surface area contributed by atoms with E-state index in [1.54, 1.807) is 19.9 Å². The number of hydrogen-bond donors (Lipinski definition) is 2. The van der Waals surface area contributed by atoms with Gasteiger partial charge in [0.15, 0.2) is 22.9 Å². The van der Waals surface area contributed by atoms with E-state index in [0.717, 1.165) is 4.31 Å². The first-order chi connectivity index (χ1) is 17.3. The summed E-state index contributed by atoms with van der Waals surface area (Å²) in [7, 11) is -4.04. The molecule has 1 fully saturated rings. The molecule has 1 saturated heterocycles. The highest BCUT2D eigenvalue weighted by Gasteiger charge is 2.41. The van der Waals surface area contributed by atoms with Crippen LogP contribution >= 0.6 is 0 Å². The molecule has 2 aromatic heterocycles. The number of oxazole rings is 1. The first-order valence-corrected chi connectivity index (χ1v) is 12.8. The lowest BCUT2D eigenvalue weighted by Gasteiger charge is -2.23. The minimum Gasteiger partial charge on any atom is -0.438 e. The molecule has 0 bridgehead atoms. The fourth-order valence-corrected chi connectivity index (χ4v) is 5.17. The summed E-state index contributed by atoms with van der Waals surface area (Å²) in [5.41, 5.74) is -1.02. The first-order valence-electron chi connectivity index (χ1n) is 11.4. The van der Waals surface area contributed by atoms with Gasteiger partial charge >= 0.3 is 6.18 Å². The van der Waals surface area contributed by atoms with Crippen LogP contribution in [0.3, 0.4) is 0 Å². The zero-order valence-electron chi connectivity index (χ0n) is 20.0. The summed E-state index contributed by atoms with van der Waals surface area (Å²) in [6.07, 6.45) is -2.74. The average molecular weight is 546 g/mol. The van der Waals surface area contributed by atoms with E-state index in [4.69, 9.17) is 0 Å². The number of carbonyl (C=O) groups excluding carboxylic acids is 3. The summed E-state index contributed by atoms with van der Waals surface area (Å²) < 4.78 is 70.2. The second kappa shape index (κ2) is 11.4. The minimum atomic E-state index is -4.97. The van der Waals surface area contributed by atoms with Crippen molar-refractivity contribution in [3.63, 3.8) is 0 Å². The number of alkyl halides is 3. The van der Waals surface area contributed by atoms with Crippen molar-refractivity contribution in [3.8, 4) is 0 Å². The van der Waals surface area contributed by atoms with Gasteiger partial charge in [-0.2, -0.15) is 17.5 Å². The molecule has 1 aliphatic rings. The maximum absolute atomic E-state index is 13.1. The van der Waals surface area contributed by atoms with Gasteiger partial charge in [-0.05, 0) is 37.3 Å². The van der Waals surface area contributed by atoms with Crippen molar-refractivity contribution in [3.05, 3.63) is 42.2 Å². The molecule has 0 aromatic carbocycles. The predicted octanol–water partition coefficient (Wildman–Crippen LogP) is 1.77. The van der Waals surface area contributed by atoms with Gasteiger partial charge in [0.2, 0.25) is 11.7 Å². The summed E-state index contributed by atoms with van der Waals surface area (Å²) in [5.74, 6) is -4.38. The number of amides is 2. The lowest BCUT2D eigenvalue weighted by Crippen LogP contribution is -2.52. The number of rotatable bonds is 8. The highest BCUT2D eigenvalue weighted by molar-refractivity contribution is 7.89. The standard InChI is InChI=1S/C22H26F3N5O6S/c1-13(2)10-15(29-21(33)18-19(22(23,24)25)36-12-27-18)20(32)28-14-6-5-9-30(11-16(14)31)37(34,35)17-7-3-4-8-26-17/h3-4,7-8,12-15H,5-6,9-11H2,1-2H3,(H,28,32)(H,29,33)/t14-,15?/m0/s1. The molecule has 2 N–H and O–H groups in total. The monoisotopic (exact) mass is 545 g/mol. The molecule has 11 nitrogen and oxygen atoms in total. The van der Waals surface area contributed by atoms with Gasteiger partial charge in [0.1, 0.15) is 6.04 Å². The van der Waals surface area contributed by atoms with Gasteiger partial charge in [0, 0.05) is 12.7 Å². The molecule has 0 radical (unpaired) electrons. The molecule has 3 rings (SSSR count). The zero-order valence-corrected chi connectivity index (χ0v) is 20.8. The maximum Gasteiger partial charge on any atom is 0.452 e. The van der Waals surface area contributed by atoms with E-state index in [9.17, 15) is 36.0 Å². The van der Waals surface area contributed by atoms with Gasteiger partial charge in [-0.1, -0.05) is 19.9 Å². The fraction of sp³-hybridized carbons (Fsp3) is 0.500. The summed E-state index contributed by atoms with van der Waals surface area (Å²) in [4.78, 5) is 45.5. The van der Waals surface area contributed by atoms with E-state index < -0.39 is 63.9 Å². The summed E-state index contributed by atoms with van der Waals surface area (Å²) in [5, 5.41) is 4.54. The molecule has 1 unspecified atom stereocenters. The van der Waals surface area contributed by atoms with Crippen molar-refractivity contribution in [2.75, 3.05) is 13.1 Å². The smallest absolute Gasteiger partial charge is 0.438 e. The van der Waals surface area contributed by atoms with Crippen molar-refractivity contribution in [2.45, 2.75) is 56.4 Å². The lowest BCUT2D eigenvalue weighted by atomic mass is 10.0. The van der Waals surface area contributed by atoms with Gasteiger partial charge in [-0.3, -0.25) is 14.4 Å². The van der Waals surface area contributed by atoms with Crippen molar-refractivity contribution in [2.24, 2.45) is 5.92 Å². The van der Waals surface area contributed by atoms with Crippen molar-refractivity contribution in [1.82, 2.24) is 24.9 Å². The van der Waals surface area contributed by atoms with Crippen LogP contribution in [0.1, 0.15) is 49.4 Å². The highest BCUT2D eigenvalue weighted by Crippen LogP contribution is 2.31. The third-order valence-electron chi connectivity index (χ3n) is 5.55. The number of nitrogens with one attached hydrogen (secondary N) is 2. The topological polar surface area (TPSA) is 152 Å². The molecule has 0 spiro atoms. The SMILES string of the molecule is CC(C)CC(NC(=O)c1ncoc1C(F)(F)F)C(=O)N[C@H]1CCCN(S(=O)(=O)c2ccccn2)CC1=O. The number of sulfonamides is 1. The number of Topliss-reactive ketones (excluding diaryl/α,β-unsaturated/α-hetero) is 1. The second-order valence-corrected chi connectivity index (χ2v) is 10.7. The predicted molar refractivity (Wildman–Crippen MR) is 121 cm³/mol. The van der Waals surface area contributed by atoms with E-state index in [2.05, 4.69) is 25.0 Å². The lowest BCUT2D eigenvalue weighted by molar-refractivity contribution is -0.153. The van der Waals surface area contributed by atoms with Crippen LogP contribution in [-0.4, -0.2) is 65.5 Å². The summed E-state index contributed by atoms with van der Waals surface area (Å²) >= 11 is 0. The van der Waals surface area contributed by atoms with Crippen LogP contribution in [0.15, 0.2) is 40.2 Å². The highest BCUT2D eigenvalue weighted by atomic mass is 32.2. The fourth-order valence-electron chi connectivity index (χ4n) is 3.80. The molecule has 2 amide bonds. The molecular weight excluding hydrogens is 519 g/mol. The second-order valence-electron chi connectivity index (χ2n) is 8.86. The van der Waals surface area contributed by atoms with Crippen LogP contribution in [0.5, 0.6) is 0 Å². The number of nitrogens with zero attached hydrogens (tertiary/aromatic N) is 3. The third kappa shape index (κ3) is 6.91. The Bertz CT molecular complexity index is 1230. The molecule has 1 aliphatic heterocycles. The number of hydrogen-bond acceptors (Lipinski definition) is 8. The normalized spacial score (nSPS) is 18.3. The molecule has 3 heterocycles. The first kappa shape index (κ1) is 28.2. The molecule has 0 saturated carbocycles. The minimum absolute atomic E-state index is 0.0234. The van der Waals surface area contributed by atoms with Gasteiger partial charge in [0.25, 0.3) is 15.9 Å². The van der Waals surface area contributed by atoms with Crippen LogP contribution in [-0.2, 0) is 25.8 Å². The Hall–Kier alpha value is -3.33. The van der Waals surface area contributed by atoms with Crippen LogP contribution in [0.2, 0.25) is 0 Å². The van der Waals surface area contributed by atoms with Crippen molar-refractivity contribution < 1.29 is 40.4 Å². The number of aromatic nitrogens is 2. The van der Waals surface area contributed by atoms with Crippen LogP contribution in [0.4, 0.5) is 13.2 Å². The molecule has 2 atom stereocenters.